The standard InChI is InChI=1S/C35H30O3Si/c1-28(35(36)37-27-29-17-7-2-8-18-29)34(30-19-9-3-10-20-30)38-39(31-21-11-4-12-22-31,32-23-13-5-14-24-32)33-25-15-6-16-26-33/h2-26,34H,1,27H2/t34-/m1/s1. The molecule has 0 saturated carbocycles. The third-order valence-electron chi connectivity index (χ3n) is 6.73. The second-order valence-electron chi connectivity index (χ2n) is 9.27. The number of rotatable bonds is 10. The number of carbonyl (C=O) groups is 1. The highest BCUT2D eigenvalue weighted by atomic mass is 28.4. The van der Waals surface area contributed by atoms with Gasteiger partial charge in [0.05, 0.1) is 5.57 Å². The van der Waals surface area contributed by atoms with E-state index in [1.807, 2.05) is 115 Å². The lowest BCUT2D eigenvalue weighted by Crippen LogP contribution is -2.69. The zero-order chi connectivity index (χ0) is 26.9. The van der Waals surface area contributed by atoms with Crippen LogP contribution in [-0.4, -0.2) is 14.3 Å². The summed E-state index contributed by atoms with van der Waals surface area (Å²) in [6.07, 6.45) is -0.721. The van der Waals surface area contributed by atoms with Crippen molar-refractivity contribution in [3.63, 3.8) is 0 Å². The highest BCUT2D eigenvalue weighted by Gasteiger charge is 2.45. The van der Waals surface area contributed by atoms with E-state index in [2.05, 4.69) is 43.0 Å². The molecule has 0 spiro atoms. The van der Waals surface area contributed by atoms with Gasteiger partial charge in [0.2, 0.25) is 0 Å². The van der Waals surface area contributed by atoms with Crippen LogP contribution in [0.3, 0.4) is 0 Å². The molecule has 0 unspecified atom stereocenters. The van der Waals surface area contributed by atoms with Crippen molar-refractivity contribution in [1.29, 1.82) is 0 Å². The molecule has 0 radical (unpaired) electrons. The van der Waals surface area contributed by atoms with Crippen LogP contribution in [0.2, 0.25) is 0 Å². The highest BCUT2D eigenvalue weighted by molar-refractivity contribution is 7.07. The van der Waals surface area contributed by atoms with Gasteiger partial charge in [-0.2, -0.15) is 0 Å². The first-order valence-corrected chi connectivity index (χ1v) is 14.9. The minimum atomic E-state index is -3.13. The van der Waals surface area contributed by atoms with Crippen LogP contribution in [0.25, 0.3) is 0 Å². The molecular formula is C35H30O3Si. The summed E-state index contributed by atoms with van der Waals surface area (Å²) >= 11 is 0. The van der Waals surface area contributed by atoms with Crippen LogP contribution in [0.4, 0.5) is 0 Å². The number of esters is 1. The molecule has 0 aliphatic heterocycles. The molecule has 0 bridgehead atoms. The SMILES string of the molecule is C=C(C(=O)OCc1ccccc1)[C@@H](O[Si](c1ccccc1)(c1ccccc1)c1ccccc1)c1ccccc1. The summed E-state index contributed by atoms with van der Waals surface area (Å²) in [4.78, 5) is 13.4. The van der Waals surface area contributed by atoms with E-state index in [-0.39, 0.29) is 12.2 Å². The van der Waals surface area contributed by atoms with Gasteiger partial charge in [0.1, 0.15) is 12.7 Å². The highest BCUT2D eigenvalue weighted by Crippen LogP contribution is 2.30. The molecule has 5 rings (SSSR count). The summed E-state index contributed by atoms with van der Waals surface area (Å²) in [6, 6.07) is 50.4. The Hall–Kier alpha value is -4.51. The van der Waals surface area contributed by atoms with Crippen LogP contribution in [-0.2, 0) is 20.6 Å². The van der Waals surface area contributed by atoms with Crippen molar-refractivity contribution in [3.05, 3.63) is 175 Å². The first kappa shape index (κ1) is 26.1. The largest absolute Gasteiger partial charge is 0.457 e. The molecule has 3 nitrogen and oxygen atoms in total. The van der Waals surface area contributed by atoms with E-state index in [1.54, 1.807) is 0 Å². The lowest BCUT2D eigenvalue weighted by Gasteiger charge is -2.37. The molecule has 192 valence electrons. The first-order valence-electron chi connectivity index (χ1n) is 13.0. The van der Waals surface area contributed by atoms with Gasteiger partial charge < -0.3 is 9.16 Å². The maximum atomic E-state index is 13.4. The second-order valence-corrected chi connectivity index (χ2v) is 12.6. The minimum absolute atomic E-state index is 0.166. The third kappa shape index (κ3) is 5.83. The summed E-state index contributed by atoms with van der Waals surface area (Å²) in [5.74, 6) is -0.482. The van der Waals surface area contributed by atoms with Gasteiger partial charge in [-0.15, -0.1) is 0 Å². The lowest BCUT2D eigenvalue weighted by molar-refractivity contribution is -0.141. The molecule has 0 amide bonds. The number of benzene rings is 5. The van der Waals surface area contributed by atoms with Crippen molar-refractivity contribution < 1.29 is 14.0 Å². The average molecular weight is 527 g/mol. The fourth-order valence-corrected chi connectivity index (χ4v) is 8.82. The van der Waals surface area contributed by atoms with Gasteiger partial charge in [0.25, 0.3) is 8.32 Å². The van der Waals surface area contributed by atoms with Gasteiger partial charge in [0, 0.05) is 0 Å². The molecule has 5 aromatic rings. The van der Waals surface area contributed by atoms with E-state index in [0.29, 0.717) is 0 Å². The Labute approximate surface area is 231 Å². The molecule has 0 heterocycles. The Balaban J connectivity index is 1.62. The van der Waals surface area contributed by atoms with Crippen molar-refractivity contribution >= 4 is 29.8 Å². The van der Waals surface area contributed by atoms with Gasteiger partial charge in [-0.05, 0) is 26.7 Å². The Kier molecular flexibility index (Phi) is 8.27. The summed E-state index contributed by atoms with van der Waals surface area (Å²) in [6.45, 7) is 4.40. The van der Waals surface area contributed by atoms with E-state index in [1.165, 1.54) is 0 Å². The number of hydrogen-bond acceptors (Lipinski definition) is 3. The Morgan fingerprint density at radius 3 is 1.41 bits per heavy atom. The molecule has 0 aromatic heterocycles. The van der Waals surface area contributed by atoms with Gasteiger partial charge >= 0.3 is 5.97 Å². The zero-order valence-electron chi connectivity index (χ0n) is 21.7. The molecule has 5 aromatic carbocycles. The Morgan fingerprint density at radius 2 is 0.974 bits per heavy atom. The van der Waals surface area contributed by atoms with Crippen LogP contribution in [0.5, 0.6) is 0 Å². The van der Waals surface area contributed by atoms with Crippen LogP contribution in [0, 0.1) is 0 Å². The molecular weight excluding hydrogens is 496 g/mol. The predicted molar refractivity (Wildman–Crippen MR) is 160 cm³/mol. The molecule has 0 saturated heterocycles. The normalized spacial score (nSPS) is 11.9. The van der Waals surface area contributed by atoms with Crippen molar-refractivity contribution in [2.45, 2.75) is 12.7 Å². The Bertz CT molecular complexity index is 1390. The van der Waals surface area contributed by atoms with E-state index in [9.17, 15) is 4.79 Å². The summed E-state index contributed by atoms with van der Waals surface area (Å²) in [5.41, 5.74) is 2.02. The monoisotopic (exact) mass is 526 g/mol. The van der Waals surface area contributed by atoms with E-state index in [4.69, 9.17) is 9.16 Å². The smallest absolute Gasteiger partial charge is 0.336 e. The van der Waals surface area contributed by atoms with Crippen molar-refractivity contribution in [2.75, 3.05) is 0 Å². The predicted octanol–water partition coefficient (Wildman–Crippen LogP) is 5.71. The maximum Gasteiger partial charge on any atom is 0.336 e. The maximum absolute atomic E-state index is 13.4. The lowest BCUT2D eigenvalue weighted by atomic mass is 10.0. The summed E-state index contributed by atoms with van der Waals surface area (Å²) < 4.78 is 13.1. The molecule has 4 heteroatoms. The van der Waals surface area contributed by atoms with Gasteiger partial charge in [0.15, 0.2) is 0 Å². The topological polar surface area (TPSA) is 35.5 Å². The average Bonchev–Trinajstić information content (AvgIpc) is 3.02. The quantitative estimate of drug-likeness (QED) is 0.101. The van der Waals surface area contributed by atoms with E-state index >= 15 is 0 Å². The molecule has 1 atom stereocenters. The third-order valence-corrected chi connectivity index (χ3v) is 10.8. The van der Waals surface area contributed by atoms with Crippen LogP contribution in [0.1, 0.15) is 17.2 Å². The van der Waals surface area contributed by atoms with Gasteiger partial charge in [-0.25, -0.2) is 4.79 Å². The first-order chi connectivity index (χ1) is 19.2. The molecule has 0 aliphatic rings. The van der Waals surface area contributed by atoms with Crippen molar-refractivity contribution in [3.8, 4) is 0 Å². The fourth-order valence-electron chi connectivity index (χ4n) is 4.79. The Morgan fingerprint density at radius 1 is 0.590 bits per heavy atom. The fraction of sp³-hybridized carbons (Fsp3) is 0.0571. The number of carbonyl (C=O) groups excluding carboxylic acids is 1. The second kappa shape index (κ2) is 12.4. The number of ether oxygens (including phenoxy) is 1. The molecule has 0 fully saturated rings. The molecule has 0 aliphatic carbocycles. The summed E-state index contributed by atoms with van der Waals surface area (Å²) in [7, 11) is -3.13. The zero-order valence-corrected chi connectivity index (χ0v) is 22.7. The minimum Gasteiger partial charge on any atom is -0.457 e. The van der Waals surface area contributed by atoms with Crippen LogP contribution >= 0.6 is 0 Å². The van der Waals surface area contributed by atoms with Crippen molar-refractivity contribution in [2.24, 2.45) is 0 Å². The van der Waals surface area contributed by atoms with E-state index in [0.717, 1.165) is 26.7 Å². The number of hydrogen-bond donors (Lipinski definition) is 0. The van der Waals surface area contributed by atoms with Gasteiger partial charge in [-0.1, -0.05) is 158 Å². The van der Waals surface area contributed by atoms with Crippen LogP contribution < -0.4 is 15.6 Å². The summed E-state index contributed by atoms with van der Waals surface area (Å²) in [5, 5.41) is 3.23. The molecule has 0 N–H and O–H groups in total. The van der Waals surface area contributed by atoms with Gasteiger partial charge in [-0.3, -0.25) is 0 Å². The molecule has 39 heavy (non-hydrogen) atoms. The van der Waals surface area contributed by atoms with Crippen LogP contribution in [0.15, 0.2) is 164 Å². The van der Waals surface area contributed by atoms with E-state index < -0.39 is 20.4 Å². The van der Waals surface area contributed by atoms with Crippen molar-refractivity contribution in [1.82, 2.24) is 0 Å².